The van der Waals surface area contributed by atoms with Crippen LogP contribution in [0.15, 0.2) is 79.0 Å². The second-order valence-corrected chi connectivity index (χ2v) is 8.99. The van der Waals surface area contributed by atoms with Crippen LogP contribution in [0.25, 0.3) is 5.65 Å². The third-order valence-electron chi connectivity index (χ3n) is 7.27. The summed E-state index contributed by atoms with van der Waals surface area (Å²) in [5, 5.41) is 0. The summed E-state index contributed by atoms with van der Waals surface area (Å²) in [4.78, 5) is 22.4. The first kappa shape index (κ1) is 19.1. The summed E-state index contributed by atoms with van der Waals surface area (Å²) in [5.74, 6) is 0.0484. The molecule has 2 aromatic heterocycles. The molecule has 6 rings (SSSR count). The van der Waals surface area contributed by atoms with Crippen molar-refractivity contribution in [3.8, 4) is 0 Å². The molecule has 5 nitrogen and oxygen atoms in total. The zero-order valence-electron chi connectivity index (χ0n) is 18.2. The Balaban J connectivity index is 1.27. The van der Waals surface area contributed by atoms with Crippen LogP contribution >= 0.6 is 0 Å². The van der Waals surface area contributed by atoms with Gasteiger partial charge in [0.2, 0.25) is 0 Å². The molecule has 0 N–H and O–H groups in total. The number of likely N-dealkylation sites (tertiary alicyclic amines) is 1. The molecule has 0 atom stereocenters. The maximum atomic E-state index is 13.4. The number of nitrogens with zero attached hydrogens (tertiary/aromatic N) is 4. The molecule has 2 aliphatic rings. The molecule has 4 heterocycles. The minimum Gasteiger partial charge on any atom is -0.340 e. The van der Waals surface area contributed by atoms with Crippen LogP contribution in [0.4, 0.5) is 11.4 Å². The molecule has 0 saturated carbocycles. The van der Waals surface area contributed by atoms with Crippen molar-refractivity contribution < 1.29 is 4.79 Å². The highest BCUT2D eigenvalue weighted by Gasteiger charge is 2.45. The summed E-state index contributed by atoms with van der Waals surface area (Å²) in [7, 11) is 0. The summed E-state index contributed by atoms with van der Waals surface area (Å²) in [5.41, 5.74) is 6.34. The summed E-state index contributed by atoms with van der Waals surface area (Å²) in [6.07, 6.45) is 3.89. The molecule has 5 heteroatoms. The van der Waals surface area contributed by atoms with E-state index in [2.05, 4.69) is 64.5 Å². The second kappa shape index (κ2) is 7.23. The Morgan fingerprint density at radius 1 is 0.906 bits per heavy atom. The normalized spacial score (nSPS) is 17.2. The lowest BCUT2D eigenvalue weighted by Crippen LogP contribution is -2.47. The highest BCUT2D eigenvalue weighted by atomic mass is 16.2. The molecule has 1 amide bonds. The number of hydrogen-bond acceptors (Lipinski definition) is 3. The number of aromatic nitrogens is 2. The Hall–Kier alpha value is -3.60. The summed E-state index contributed by atoms with van der Waals surface area (Å²) in [6.45, 7) is 4.45. The van der Waals surface area contributed by atoms with Crippen molar-refractivity contribution in [1.82, 2.24) is 14.3 Å². The Labute approximate surface area is 187 Å². The molecule has 1 saturated heterocycles. The standard InChI is InChI=1S/C27H26N4O/c1-20-25(28-24-13-7-8-16-30(20)24)26(32)29-17-14-27(15-18-29)19-31(21-9-3-2-4-10-21)23-12-6-5-11-22(23)27/h2-13,16H,14-15,17-19H2,1H3. The molecule has 0 radical (unpaired) electrons. The SMILES string of the molecule is Cc1c(C(=O)N2CCC3(CC2)CN(c2ccccc2)c2ccccc23)nc2ccccn12. The van der Waals surface area contributed by atoms with Gasteiger partial charge in [0, 0.05) is 42.6 Å². The molecular weight excluding hydrogens is 396 g/mol. The number of imidazole rings is 1. The number of carbonyl (C=O) groups is 1. The van der Waals surface area contributed by atoms with Gasteiger partial charge >= 0.3 is 0 Å². The molecule has 2 aliphatic heterocycles. The molecule has 0 bridgehead atoms. The molecule has 2 aromatic carbocycles. The van der Waals surface area contributed by atoms with E-state index in [0.717, 1.165) is 43.8 Å². The minimum absolute atomic E-state index is 0.0484. The minimum atomic E-state index is 0.0484. The molecule has 32 heavy (non-hydrogen) atoms. The van der Waals surface area contributed by atoms with E-state index in [1.807, 2.05) is 40.6 Å². The van der Waals surface area contributed by atoms with Gasteiger partial charge in [-0.15, -0.1) is 0 Å². The Morgan fingerprint density at radius 3 is 2.41 bits per heavy atom. The van der Waals surface area contributed by atoms with Crippen molar-refractivity contribution in [2.24, 2.45) is 0 Å². The number of pyridine rings is 1. The number of aryl methyl sites for hydroxylation is 1. The van der Waals surface area contributed by atoms with E-state index in [1.54, 1.807) is 0 Å². The monoisotopic (exact) mass is 422 g/mol. The quantitative estimate of drug-likeness (QED) is 0.458. The van der Waals surface area contributed by atoms with E-state index in [-0.39, 0.29) is 11.3 Å². The van der Waals surface area contributed by atoms with Gasteiger partial charge in [-0.05, 0) is 55.7 Å². The van der Waals surface area contributed by atoms with E-state index in [0.29, 0.717) is 5.69 Å². The number of hydrogen-bond donors (Lipinski definition) is 0. The number of para-hydroxylation sites is 2. The lowest BCUT2D eigenvalue weighted by atomic mass is 9.74. The Bertz CT molecular complexity index is 1300. The average molecular weight is 423 g/mol. The van der Waals surface area contributed by atoms with Crippen molar-refractivity contribution in [3.05, 3.63) is 95.9 Å². The van der Waals surface area contributed by atoms with Gasteiger partial charge in [0.15, 0.2) is 0 Å². The maximum Gasteiger partial charge on any atom is 0.274 e. The lowest BCUT2D eigenvalue weighted by Gasteiger charge is -2.40. The van der Waals surface area contributed by atoms with Crippen LogP contribution in [0.2, 0.25) is 0 Å². The number of anilines is 2. The van der Waals surface area contributed by atoms with Gasteiger partial charge in [0.25, 0.3) is 5.91 Å². The molecule has 0 unspecified atom stereocenters. The van der Waals surface area contributed by atoms with Crippen molar-refractivity contribution in [2.45, 2.75) is 25.2 Å². The first-order chi connectivity index (χ1) is 15.7. The van der Waals surface area contributed by atoms with Gasteiger partial charge in [0.05, 0.1) is 5.69 Å². The molecule has 1 spiro atoms. The van der Waals surface area contributed by atoms with E-state index in [9.17, 15) is 4.79 Å². The first-order valence-electron chi connectivity index (χ1n) is 11.3. The van der Waals surface area contributed by atoms with E-state index >= 15 is 0 Å². The fourth-order valence-corrected chi connectivity index (χ4v) is 5.50. The van der Waals surface area contributed by atoms with E-state index in [4.69, 9.17) is 0 Å². The van der Waals surface area contributed by atoms with Gasteiger partial charge in [-0.2, -0.15) is 0 Å². The maximum absolute atomic E-state index is 13.4. The van der Waals surface area contributed by atoms with Crippen LogP contribution in [0, 0.1) is 6.92 Å². The van der Waals surface area contributed by atoms with Gasteiger partial charge in [-0.1, -0.05) is 42.5 Å². The van der Waals surface area contributed by atoms with Crippen molar-refractivity contribution >= 4 is 22.9 Å². The summed E-state index contributed by atoms with van der Waals surface area (Å²) >= 11 is 0. The zero-order chi connectivity index (χ0) is 21.7. The zero-order valence-corrected chi connectivity index (χ0v) is 18.2. The van der Waals surface area contributed by atoms with Crippen LogP contribution in [0.1, 0.15) is 34.6 Å². The van der Waals surface area contributed by atoms with Crippen LogP contribution in [-0.4, -0.2) is 39.8 Å². The van der Waals surface area contributed by atoms with Crippen LogP contribution in [-0.2, 0) is 5.41 Å². The molecule has 160 valence electrons. The molecule has 1 fully saturated rings. The van der Waals surface area contributed by atoms with Gasteiger partial charge in [0.1, 0.15) is 11.3 Å². The highest BCUT2D eigenvalue weighted by Crippen LogP contribution is 2.49. The highest BCUT2D eigenvalue weighted by molar-refractivity contribution is 5.94. The Kier molecular flexibility index (Phi) is 4.32. The number of carbonyl (C=O) groups excluding carboxylic acids is 1. The molecule has 0 aliphatic carbocycles. The van der Waals surface area contributed by atoms with E-state index < -0.39 is 0 Å². The van der Waals surface area contributed by atoms with Gasteiger partial charge in [-0.3, -0.25) is 4.79 Å². The average Bonchev–Trinajstić information content (AvgIpc) is 3.36. The number of rotatable bonds is 2. The van der Waals surface area contributed by atoms with Crippen LogP contribution in [0.5, 0.6) is 0 Å². The topological polar surface area (TPSA) is 40.9 Å². The lowest BCUT2D eigenvalue weighted by molar-refractivity contribution is 0.0669. The van der Waals surface area contributed by atoms with E-state index in [1.165, 1.54) is 16.9 Å². The fraction of sp³-hybridized carbons (Fsp3) is 0.259. The summed E-state index contributed by atoms with van der Waals surface area (Å²) < 4.78 is 1.99. The molecule has 4 aromatic rings. The largest absolute Gasteiger partial charge is 0.340 e. The number of amides is 1. The number of fused-ring (bicyclic) bond motifs is 3. The van der Waals surface area contributed by atoms with Crippen LogP contribution in [0.3, 0.4) is 0 Å². The third kappa shape index (κ3) is 2.84. The van der Waals surface area contributed by atoms with Crippen molar-refractivity contribution in [1.29, 1.82) is 0 Å². The smallest absolute Gasteiger partial charge is 0.274 e. The molecular formula is C27H26N4O. The Morgan fingerprint density at radius 2 is 1.62 bits per heavy atom. The third-order valence-corrected chi connectivity index (χ3v) is 7.27. The van der Waals surface area contributed by atoms with Gasteiger partial charge < -0.3 is 14.2 Å². The van der Waals surface area contributed by atoms with Crippen molar-refractivity contribution in [3.63, 3.8) is 0 Å². The summed E-state index contributed by atoms with van der Waals surface area (Å²) in [6, 6.07) is 25.3. The second-order valence-electron chi connectivity index (χ2n) is 8.99. The van der Waals surface area contributed by atoms with Crippen molar-refractivity contribution in [2.75, 3.05) is 24.5 Å². The van der Waals surface area contributed by atoms with Gasteiger partial charge in [-0.25, -0.2) is 4.98 Å². The van der Waals surface area contributed by atoms with Crippen LogP contribution < -0.4 is 4.90 Å². The number of benzene rings is 2. The predicted molar refractivity (Wildman–Crippen MR) is 127 cm³/mol. The predicted octanol–water partition coefficient (Wildman–Crippen LogP) is 4.97. The number of piperidine rings is 1. The first-order valence-corrected chi connectivity index (χ1v) is 11.3. The fourth-order valence-electron chi connectivity index (χ4n) is 5.50.